The first-order valence-electron chi connectivity index (χ1n) is 7.30. The second-order valence-electron chi connectivity index (χ2n) is 5.40. The highest BCUT2D eigenvalue weighted by Crippen LogP contribution is 2.29. The largest absolute Gasteiger partial charge is 0.491 e. The molecule has 0 aliphatic rings. The third-order valence-corrected chi connectivity index (χ3v) is 3.19. The number of halogens is 3. The zero-order valence-corrected chi connectivity index (χ0v) is 13.2. The summed E-state index contributed by atoms with van der Waals surface area (Å²) < 4.78 is 44.2. The van der Waals surface area contributed by atoms with Gasteiger partial charge in [-0.05, 0) is 43.7 Å². The van der Waals surface area contributed by atoms with Gasteiger partial charge >= 0.3 is 6.18 Å². The van der Waals surface area contributed by atoms with Gasteiger partial charge in [0.25, 0.3) is 5.91 Å². The number of aryl methyl sites for hydroxylation is 1. The third-order valence-electron chi connectivity index (χ3n) is 3.19. The highest BCUT2D eigenvalue weighted by Gasteiger charge is 2.37. The Bertz CT molecular complexity index is 717. The Morgan fingerprint density at radius 2 is 2.04 bits per heavy atom. The van der Waals surface area contributed by atoms with Crippen LogP contribution in [0.2, 0.25) is 0 Å². The molecule has 2 aromatic rings. The highest BCUT2D eigenvalue weighted by atomic mass is 19.4. The summed E-state index contributed by atoms with van der Waals surface area (Å²) in [7, 11) is 0. The molecule has 1 heterocycles. The van der Waals surface area contributed by atoms with E-state index < -0.39 is 29.4 Å². The lowest BCUT2D eigenvalue weighted by molar-refractivity contribution is -0.141. The van der Waals surface area contributed by atoms with Gasteiger partial charge < -0.3 is 10.1 Å². The molecule has 0 radical (unpaired) electrons. The van der Waals surface area contributed by atoms with Gasteiger partial charge in [-0.1, -0.05) is 12.1 Å². The van der Waals surface area contributed by atoms with Crippen molar-refractivity contribution in [3.63, 3.8) is 0 Å². The lowest BCUT2D eigenvalue weighted by atomic mass is 10.1. The van der Waals surface area contributed by atoms with E-state index in [-0.39, 0.29) is 6.61 Å². The van der Waals surface area contributed by atoms with Crippen LogP contribution < -0.4 is 10.1 Å². The first-order chi connectivity index (χ1) is 11.3. The molecule has 1 N–H and O–H groups in total. The van der Waals surface area contributed by atoms with E-state index in [0.29, 0.717) is 5.75 Å². The maximum Gasteiger partial charge on any atom is 0.434 e. The fraction of sp³-hybridized carbons (Fsp3) is 0.294. The van der Waals surface area contributed by atoms with Gasteiger partial charge in [0.2, 0.25) is 0 Å². The van der Waals surface area contributed by atoms with Gasteiger partial charge in [0, 0.05) is 6.20 Å². The minimum atomic E-state index is -4.69. The summed E-state index contributed by atoms with van der Waals surface area (Å²) in [5.41, 5.74) is -0.684. The number of hydrogen-bond donors (Lipinski definition) is 1. The molecule has 4 nitrogen and oxygen atoms in total. The Labute approximate surface area is 137 Å². The number of amides is 1. The lowest BCUT2D eigenvalue weighted by Crippen LogP contribution is -2.37. The second-order valence-corrected chi connectivity index (χ2v) is 5.40. The number of benzene rings is 1. The third kappa shape index (κ3) is 4.71. The van der Waals surface area contributed by atoms with E-state index >= 15 is 0 Å². The van der Waals surface area contributed by atoms with Gasteiger partial charge in [0.15, 0.2) is 5.69 Å². The number of ether oxygens (including phenoxy) is 1. The van der Waals surface area contributed by atoms with Crippen LogP contribution in [0.1, 0.15) is 28.5 Å². The molecule has 1 aromatic carbocycles. The fourth-order valence-corrected chi connectivity index (χ4v) is 2.08. The number of carbonyl (C=O) groups excluding carboxylic acids is 1. The molecule has 24 heavy (non-hydrogen) atoms. The van der Waals surface area contributed by atoms with E-state index in [1.54, 1.807) is 13.0 Å². The fourth-order valence-electron chi connectivity index (χ4n) is 2.08. The highest BCUT2D eigenvalue weighted by molar-refractivity contribution is 5.95. The predicted octanol–water partition coefficient (Wildman–Crippen LogP) is 3.61. The van der Waals surface area contributed by atoms with Crippen molar-refractivity contribution in [1.82, 2.24) is 10.3 Å². The topological polar surface area (TPSA) is 51.2 Å². The maximum atomic E-state index is 12.9. The van der Waals surface area contributed by atoms with Crippen molar-refractivity contribution in [1.29, 1.82) is 0 Å². The van der Waals surface area contributed by atoms with Crippen molar-refractivity contribution in [2.75, 3.05) is 6.61 Å². The van der Waals surface area contributed by atoms with Crippen molar-refractivity contribution in [3.8, 4) is 5.75 Å². The van der Waals surface area contributed by atoms with Crippen LogP contribution in [0, 0.1) is 6.92 Å². The Hall–Kier alpha value is -2.57. The summed E-state index contributed by atoms with van der Waals surface area (Å²) in [4.78, 5) is 15.3. The molecule has 0 fully saturated rings. The maximum absolute atomic E-state index is 12.9. The number of aromatic nitrogens is 1. The molecular formula is C17H17F3N2O2. The Morgan fingerprint density at radius 1 is 1.29 bits per heavy atom. The zero-order valence-electron chi connectivity index (χ0n) is 13.2. The lowest BCUT2D eigenvalue weighted by Gasteiger charge is -2.17. The Kier molecular flexibility index (Phi) is 5.43. The van der Waals surface area contributed by atoms with Crippen molar-refractivity contribution in [2.24, 2.45) is 0 Å². The van der Waals surface area contributed by atoms with Crippen LogP contribution in [0.15, 0.2) is 42.6 Å². The number of rotatable bonds is 5. The van der Waals surface area contributed by atoms with E-state index in [9.17, 15) is 18.0 Å². The average molecular weight is 338 g/mol. The van der Waals surface area contributed by atoms with Gasteiger partial charge in [-0.15, -0.1) is 0 Å². The van der Waals surface area contributed by atoms with Gasteiger partial charge in [-0.3, -0.25) is 9.78 Å². The first-order valence-corrected chi connectivity index (χ1v) is 7.30. The van der Waals surface area contributed by atoms with Gasteiger partial charge in [-0.2, -0.15) is 13.2 Å². The van der Waals surface area contributed by atoms with Crippen molar-refractivity contribution in [3.05, 3.63) is 59.4 Å². The Morgan fingerprint density at radius 3 is 2.71 bits per heavy atom. The molecular weight excluding hydrogens is 321 g/mol. The van der Waals surface area contributed by atoms with Crippen molar-refractivity contribution in [2.45, 2.75) is 26.1 Å². The Balaban J connectivity index is 1.99. The molecule has 2 rings (SSSR count). The minimum absolute atomic E-state index is 0.136. The number of nitrogens with one attached hydrogen (secondary N) is 1. The molecule has 1 amide bonds. The van der Waals surface area contributed by atoms with Crippen LogP contribution in [-0.2, 0) is 6.18 Å². The van der Waals surface area contributed by atoms with E-state index in [2.05, 4.69) is 10.3 Å². The van der Waals surface area contributed by atoms with Crippen molar-refractivity contribution >= 4 is 5.91 Å². The second kappa shape index (κ2) is 7.33. The molecule has 1 atom stereocenters. The normalized spacial score (nSPS) is 12.5. The quantitative estimate of drug-likeness (QED) is 0.906. The van der Waals surface area contributed by atoms with Crippen LogP contribution in [0.25, 0.3) is 0 Å². The molecule has 7 heteroatoms. The number of nitrogens with zero attached hydrogens (tertiary/aromatic N) is 1. The first kappa shape index (κ1) is 17.8. The SMILES string of the molecule is Cc1cccc(OC[C@H](C)NC(=O)c2cccnc2C(F)(F)F)c1. The van der Waals surface area contributed by atoms with Crippen LogP contribution in [0.4, 0.5) is 13.2 Å². The van der Waals surface area contributed by atoms with E-state index in [1.165, 1.54) is 6.07 Å². The summed E-state index contributed by atoms with van der Waals surface area (Å²) in [6.45, 7) is 3.70. The summed E-state index contributed by atoms with van der Waals surface area (Å²) in [6, 6.07) is 9.26. The van der Waals surface area contributed by atoms with Gasteiger partial charge in [-0.25, -0.2) is 0 Å². The molecule has 1 aromatic heterocycles. The number of hydrogen-bond acceptors (Lipinski definition) is 3. The molecule has 0 saturated carbocycles. The van der Waals surface area contributed by atoms with Crippen molar-refractivity contribution < 1.29 is 22.7 Å². The average Bonchev–Trinajstić information content (AvgIpc) is 2.52. The summed E-state index contributed by atoms with van der Waals surface area (Å²) >= 11 is 0. The van der Waals surface area contributed by atoms with Gasteiger partial charge in [0.1, 0.15) is 12.4 Å². The molecule has 0 saturated heterocycles. The standard InChI is InChI=1S/C17H17F3N2O2/c1-11-5-3-6-13(9-11)24-10-12(2)22-16(23)14-7-4-8-21-15(14)17(18,19)20/h3-9,12H,10H2,1-2H3,(H,22,23)/t12-/m0/s1. The summed E-state index contributed by atoms with van der Waals surface area (Å²) in [5.74, 6) is -0.204. The van der Waals surface area contributed by atoms with E-state index in [0.717, 1.165) is 17.8 Å². The van der Waals surface area contributed by atoms with Gasteiger partial charge in [0.05, 0.1) is 11.6 Å². The smallest absolute Gasteiger partial charge is 0.434 e. The van der Waals surface area contributed by atoms with Crippen LogP contribution in [0.5, 0.6) is 5.75 Å². The monoisotopic (exact) mass is 338 g/mol. The van der Waals surface area contributed by atoms with E-state index in [1.807, 2.05) is 25.1 Å². The molecule has 0 aliphatic heterocycles. The number of pyridine rings is 1. The van der Waals surface area contributed by atoms with Crippen LogP contribution >= 0.6 is 0 Å². The molecule has 0 unspecified atom stereocenters. The van der Waals surface area contributed by atoms with E-state index in [4.69, 9.17) is 4.74 Å². The summed E-state index contributed by atoms with van der Waals surface area (Å²) in [6.07, 6.45) is -3.68. The van der Waals surface area contributed by atoms with Crippen LogP contribution in [0.3, 0.4) is 0 Å². The molecule has 0 aliphatic carbocycles. The zero-order chi connectivity index (χ0) is 17.7. The minimum Gasteiger partial charge on any atom is -0.491 e. The molecule has 0 spiro atoms. The molecule has 0 bridgehead atoms. The molecule has 128 valence electrons. The predicted molar refractivity (Wildman–Crippen MR) is 82.8 cm³/mol. The number of alkyl halides is 3. The van der Waals surface area contributed by atoms with Crippen LogP contribution in [-0.4, -0.2) is 23.5 Å². The number of carbonyl (C=O) groups is 1. The summed E-state index contributed by atoms with van der Waals surface area (Å²) in [5, 5.41) is 2.49.